The van der Waals surface area contributed by atoms with Gasteiger partial charge in [0.2, 0.25) is 0 Å². The van der Waals surface area contributed by atoms with E-state index in [1.165, 1.54) is 21.8 Å². The minimum atomic E-state index is 0.639. The zero-order valence-corrected chi connectivity index (χ0v) is 23.6. The second kappa shape index (κ2) is 10.3. The molecule has 5 nitrogen and oxygen atoms in total. The van der Waals surface area contributed by atoms with Crippen molar-refractivity contribution >= 4 is 32.7 Å². The van der Waals surface area contributed by atoms with Crippen LogP contribution in [-0.4, -0.2) is 24.5 Å². The average molecular weight is 554 g/mol. The van der Waals surface area contributed by atoms with Crippen molar-refractivity contribution in [3.8, 4) is 45.4 Å². The Bertz CT molecular complexity index is 2200. The van der Waals surface area contributed by atoms with Gasteiger partial charge >= 0.3 is 0 Å². The van der Waals surface area contributed by atoms with E-state index in [-0.39, 0.29) is 0 Å². The molecule has 0 saturated carbocycles. The molecule has 204 valence electrons. The molecule has 0 fully saturated rings. The highest BCUT2D eigenvalue weighted by Gasteiger charge is 2.15. The van der Waals surface area contributed by atoms with E-state index in [9.17, 15) is 0 Å². The molecule has 5 aromatic carbocycles. The van der Waals surface area contributed by atoms with Gasteiger partial charge in [-0.15, -0.1) is 0 Å². The third-order valence-corrected chi connectivity index (χ3v) is 8.04. The second-order valence-corrected chi connectivity index (χ2v) is 10.6. The van der Waals surface area contributed by atoms with Crippen LogP contribution in [0, 0.1) is 0 Å². The number of rotatable bonds is 5. The molecule has 0 amide bonds. The van der Waals surface area contributed by atoms with Gasteiger partial charge in [-0.25, -0.2) is 19.9 Å². The largest absolute Gasteiger partial charge is 0.339 e. The quantitative estimate of drug-likeness (QED) is 0.213. The van der Waals surface area contributed by atoms with Crippen LogP contribution in [0.3, 0.4) is 0 Å². The van der Waals surface area contributed by atoms with E-state index in [1.807, 2.05) is 60.7 Å². The number of hydrogen-bond donors (Lipinski definition) is 0. The van der Waals surface area contributed by atoms with Crippen molar-refractivity contribution in [2.45, 2.75) is 13.5 Å². The van der Waals surface area contributed by atoms with E-state index in [1.54, 1.807) is 0 Å². The zero-order chi connectivity index (χ0) is 28.8. The third kappa shape index (κ3) is 4.34. The molecule has 0 saturated heterocycles. The van der Waals surface area contributed by atoms with Gasteiger partial charge < -0.3 is 4.57 Å². The summed E-state index contributed by atoms with van der Waals surface area (Å²) < 4.78 is 2.38. The predicted molar refractivity (Wildman–Crippen MR) is 176 cm³/mol. The maximum Gasteiger partial charge on any atom is 0.164 e. The lowest BCUT2D eigenvalue weighted by Gasteiger charge is -2.10. The number of aryl methyl sites for hydroxylation is 1. The summed E-state index contributed by atoms with van der Waals surface area (Å²) in [5.74, 6) is 1.94. The van der Waals surface area contributed by atoms with Crippen LogP contribution >= 0.6 is 0 Å². The number of benzene rings is 5. The average Bonchev–Trinajstić information content (AvgIpc) is 3.43. The minimum absolute atomic E-state index is 0.639. The topological polar surface area (TPSA) is 56.5 Å². The smallest absolute Gasteiger partial charge is 0.164 e. The Balaban J connectivity index is 1.23. The SMILES string of the molecule is CCn1c2ccccc2c2ccc3ccc(-c4ccc(-c5nc(-c6ccccc6)nc(-c6ccccc6)n5)cc4)nc3c21. The van der Waals surface area contributed by atoms with Crippen LogP contribution < -0.4 is 0 Å². The summed E-state index contributed by atoms with van der Waals surface area (Å²) in [6.07, 6.45) is 0. The van der Waals surface area contributed by atoms with Crippen LogP contribution in [0.4, 0.5) is 0 Å². The van der Waals surface area contributed by atoms with E-state index in [4.69, 9.17) is 19.9 Å². The van der Waals surface area contributed by atoms with Gasteiger partial charge in [0.1, 0.15) is 0 Å². The van der Waals surface area contributed by atoms with E-state index < -0.39 is 0 Å². The first kappa shape index (κ1) is 25.1. The Labute approximate surface area is 249 Å². The summed E-state index contributed by atoms with van der Waals surface area (Å²) in [6, 6.07) is 45.7. The molecule has 0 bridgehead atoms. The normalized spacial score (nSPS) is 11.5. The Kier molecular flexibility index (Phi) is 6.00. The molecule has 0 atom stereocenters. The van der Waals surface area contributed by atoms with Crippen molar-refractivity contribution in [2.75, 3.05) is 0 Å². The van der Waals surface area contributed by atoms with Gasteiger partial charge in [0.15, 0.2) is 17.5 Å². The summed E-state index contributed by atoms with van der Waals surface area (Å²) in [5, 5.41) is 3.64. The maximum atomic E-state index is 5.23. The van der Waals surface area contributed by atoms with Gasteiger partial charge in [-0.1, -0.05) is 121 Å². The lowest BCUT2D eigenvalue weighted by molar-refractivity contribution is 0.829. The first-order valence-corrected chi connectivity index (χ1v) is 14.6. The van der Waals surface area contributed by atoms with Crippen molar-refractivity contribution in [3.05, 3.63) is 133 Å². The monoisotopic (exact) mass is 553 g/mol. The van der Waals surface area contributed by atoms with Gasteiger partial charge in [-0.05, 0) is 19.1 Å². The molecule has 0 aliphatic rings. The zero-order valence-electron chi connectivity index (χ0n) is 23.6. The number of para-hydroxylation sites is 1. The van der Waals surface area contributed by atoms with Crippen LogP contribution in [-0.2, 0) is 6.54 Å². The predicted octanol–water partition coefficient (Wildman–Crippen LogP) is 9.22. The number of aromatic nitrogens is 5. The van der Waals surface area contributed by atoms with Gasteiger partial charge in [0.05, 0.1) is 16.7 Å². The lowest BCUT2D eigenvalue weighted by Crippen LogP contribution is -2.00. The van der Waals surface area contributed by atoms with Crippen molar-refractivity contribution in [1.29, 1.82) is 0 Å². The van der Waals surface area contributed by atoms with Crippen molar-refractivity contribution < 1.29 is 0 Å². The Morgan fingerprint density at radius 2 is 1.00 bits per heavy atom. The molecule has 5 heteroatoms. The molecular weight excluding hydrogens is 526 g/mol. The van der Waals surface area contributed by atoms with Crippen LogP contribution in [0.15, 0.2) is 133 Å². The maximum absolute atomic E-state index is 5.23. The van der Waals surface area contributed by atoms with Gasteiger partial charge in [0.25, 0.3) is 0 Å². The summed E-state index contributed by atoms with van der Waals surface area (Å²) >= 11 is 0. The van der Waals surface area contributed by atoms with E-state index in [2.05, 4.69) is 84.3 Å². The van der Waals surface area contributed by atoms with E-state index in [0.29, 0.717) is 17.5 Å². The summed E-state index contributed by atoms with van der Waals surface area (Å²) in [4.78, 5) is 19.8. The highest BCUT2D eigenvalue weighted by Crippen LogP contribution is 2.35. The molecule has 0 unspecified atom stereocenters. The highest BCUT2D eigenvalue weighted by atomic mass is 15.0. The van der Waals surface area contributed by atoms with Gasteiger partial charge in [0, 0.05) is 50.5 Å². The summed E-state index contributed by atoms with van der Waals surface area (Å²) in [5.41, 5.74) is 8.27. The number of nitrogens with zero attached hydrogens (tertiary/aromatic N) is 5. The highest BCUT2D eigenvalue weighted by molar-refractivity contribution is 6.16. The standard InChI is InChI=1S/C38H27N5/c1-2-43-33-16-10-9-15-30(33)31-23-21-26-22-24-32(39-34(26)35(31)43)25-17-19-29(20-18-25)38-41-36(27-11-5-3-6-12-27)40-37(42-38)28-13-7-4-8-14-28/h3-24H,2H2,1H3. The van der Waals surface area contributed by atoms with Crippen LogP contribution in [0.1, 0.15) is 6.92 Å². The lowest BCUT2D eigenvalue weighted by atomic mass is 10.1. The van der Waals surface area contributed by atoms with Crippen molar-refractivity contribution in [2.24, 2.45) is 0 Å². The molecule has 43 heavy (non-hydrogen) atoms. The molecule has 3 heterocycles. The van der Waals surface area contributed by atoms with Gasteiger partial charge in [-0.3, -0.25) is 0 Å². The fourth-order valence-electron chi connectivity index (χ4n) is 5.94. The molecule has 0 aliphatic heterocycles. The summed E-state index contributed by atoms with van der Waals surface area (Å²) in [7, 11) is 0. The minimum Gasteiger partial charge on any atom is -0.339 e. The molecule has 0 spiro atoms. The summed E-state index contributed by atoms with van der Waals surface area (Å²) in [6.45, 7) is 3.08. The molecular formula is C38H27N5. The van der Waals surface area contributed by atoms with Crippen molar-refractivity contribution in [1.82, 2.24) is 24.5 Å². The number of fused-ring (bicyclic) bond motifs is 5. The Morgan fingerprint density at radius 1 is 0.465 bits per heavy atom. The van der Waals surface area contributed by atoms with Crippen LogP contribution in [0.2, 0.25) is 0 Å². The van der Waals surface area contributed by atoms with Crippen LogP contribution in [0.5, 0.6) is 0 Å². The molecule has 0 N–H and O–H groups in total. The first-order valence-electron chi connectivity index (χ1n) is 14.6. The van der Waals surface area contributed by atoms with Gasteiger partial charge in [-0.2, -0.15) is 0 Å². The number of pyridine rings is 1. The first-order chi connectivity index (χ1) is 21.3. The Hall–Kier alpha value is -5.68. The van der Waals surface area contributed by atoms with E-state index >= 15 is 0 Å². The fraction of sp³-hybridized carbons (Fsp3) is 0.0526. The molecule has 0 radical (unpaired) electrons. The molecule has 8 aromatic rings. The third-order valence-electron chi connectivity index (χ3n) is 8.04. The van der Waals surface area contributed by atoms with Crippen LogP contribution in [0.25, 0.3) is 78.1 Å². The molecule has 3 aromatic heterocycles. The van der Waals surface area contributed by atoms with Crippen molar-refractivity contribution in [3.63, 3.8) is 0 Å². The number of hydrogen-bond acceptors (Lipinski definition) is 4. The fourth-order valence-corrected chi connectivity index (χ4v) is 5.94. The second-order valence-electron chi connectivity index (χ2n) is 10.6. The van der Waals surface area contributed by atoms with E-state index in [0.717, 1.165) is 45.4 Å². The molecule has 8 rings (SSSR count). The molecule has 0 aliphatic carbocycles. The Morgan fingerprint density at radius 3 is 1.63 bits per heavy atom.